The Morgan fingerprint density at radius 1 is 1.11 bits per heavy atom. The van der Waals surface area contributed by atoms with Crippen LogP contribution in [-0.2, 0) is 13.1 Å². The van der Waals surface area contributed by atoms with Crippen LogP contribution in [0.2, 0.25) is 0 Å². The highest BCUT2D eigenvalue weighted by molar-refractivity contribution is 5.89. The van der Waals surface area contributed by atoms with Gasteiger partial charge in [-0.1, -0.05) is 12.1 Å². The van der Waals surface area contributed by atoms with Gasteiger partial charge in [-0.2, -0.15) is 0 Å². The standard InChI is InChI=1S/C20H30N6O/c1-4-21-19(22-11-14-26-12-5-6-13-26)23-15-17-7-9-18(10-8-17)25-20(27)24-16(2)3/h5-10,12-13,16H,4,11,14-15H2,1-3H3,(H2,21,22,23)(H2,24,25,27). The van der Waals surface area contributed by atoms with Crippen molar-refractivity contribution < 1.29 is 4.79 Å². The first-order valence-electron chi connectivity index (χ1n) is 9.36. The van der Waals surface area contributed by atoms with E-state index in [0.29, 0.717) is 6.54 Å². The molecule has 2 rings (SSSR count). The number of aromatic nitrogens is 1. The zero-order valence-electron chi connectivity index (χ0n) is 16.3. The minimum atomic E-state index is -0.197. The van der Waals surface area contributed by atoms with Crippen molar-refractivity contribution in [2.45, 2.75) is 39.9 Å². The number of urea groups is 1. The van der Waals surface area contributed by atoms with Gasteiger partial charge in [-0.3, -0.25) is 0 Å². The number of hydrogen-bond acceptors (Lipinski definition) is 2. The van der Waals surface area contributed by atoms with Gasteiger partial charge in [0.05, 0.1) is 6.54 Å². The smallest absolute Gasteiger partial charge is 0.319 e. The minimum absolute atomic E-state index is 0.105. The van der Waals surface area contributed by atoms with Gasteiger partial charge in [0.25, 0.3) is 0 Å². The number of guanidine groups is 1. The van der Waals surface area contributed by atoms with Gasteiger partial charge in [0.2, 0.25) is 0 Å². The van der Waals surface area contributed by atoms with E-state index < -0.39 is 0 Å². The summed E-state index contributed by atoms with van der Waals surface area (Å²) in [5.74, 6) is 0.795. The molecular formula is C20H30N6O. The summed E-state index contributed by atoms with van der Waals surface area (Å²) < 4.78 is 2.12. The van der Waals surface area contributed by atoms with Gasteiger partial charge in [-0.05, 0) is 50.6 Å². The first kappa shape index (κ1) is 20.4. The van der Waals surface area contributed by atoms with Crippen LogP contribution in [0.3, 0.4) is 0 Å². The third-order valence-electron chi connectivity index (χ3n) is 3.72. The van der Waals surface area contributed by atoms with Crippen molar-refractivity contribution in [3.05, 3.63) is 54.4 Å². The topological polar surface area (TPSA) is 82.5 Å². The Bertz CT molecular complexity index is 707. The van der Waals surface area contributed by atoms with E-state index in [0.717, 1.165) is 36.8 Å². The lowest BCUT2D eigenvalue weighted by Gasteiger charge is -2.12. The Kier molecular flexibility index (Phi) is 8.22. The van der Waals surface area contributed by atoms with Crippen LogP contribution >= 0.6 is 0 Å². The molecule has 0 unspecified atom stereocenters. The van der Waals surface area contributed by atoms with Crippen molar-refractivity contribution in [2.24, 2.45) is 4.99 Å². The normalized spacial score (nSPS) is 11.3. The summed E-state index contributed by atoms with van der Waals surface area (Å²) in [7, 11) is 0. The number of anilines is 1. The fourth-order valence-electron chi connectivity index (χ4n) is 2.46. The Hall–Kier alpha value is -2.96. The molecule has 0 bridgehead atoms. The first-order chi connectivity index (χ1) is 13.1. The lowest BCUT2D eigenvalue weighted by atomic mass is 10.2. The van der Waals surface area contributed by atoms with Crippen molar-refractivity contribution in [1.82, 2.24) is 20.5 Å². The van der Waals surface area contributed by atoms with Gasteiger partial charge in [-0.25, -0.2) is 9.79 Å². The first-order valence-corrected chi connectivity index (χ1v) is 9.36. The summed E-state index contributed by atoms with van der Waals surface area (Å²) in [5, 5.41) is 12.2. The Morgan fingerprint density at radius 2 is 1.81 bits per heavy atom. The second kappa shape index (κ2) is 10.9. The summed E-state index contributed by atoms with van der Waals surface area (Å²) in [6.45, 7) is 8.96. The highest BCUT2D eigenvalue weighted by Gasteiger charge is 2.03. The Labute approximate surface area is 161 Å². The quantitative estimate of drug-likeness (QED) is 0.426. The molecule has 1 aromatic carbocycles. The van der Waals surface area contributed by atoms with Crippen LogP contribution in [0.15, 0.2) is 53.8 Å². The molecule has 7 nitrogen and oxygen atoms in total. The van der Waals surface area contributed by atoms with Gasteiger partial charge in [0.15, 0.2) is 5.96 Å². The van der Waals surface area contributed by atoms with E-state index in [4.69, 9.17) is 0 Å². The molecule has 0 aliphatic rings. The van der Waals surface area contributed by atoms with Gasteiger partial charge >= 0.3 is 6.03 Å². The molecule has 27 heavy (non-hydrogen) atoms. The molecule has 0 saturated heterocycles. The molecule has 2 amide bonds. The van der Waals surface area contributed by atoms with Crippen LogP contribution in [0.4, 0.5) is 10.5 Å². The van der Waals surface area contributed by atoms with Crippen molar-refractivity contribution in [1.29, 1.82) is 0 Å². The minimum Gasteiger partial charge on any atom is -0.357 e. The van der Waals surface area contributed by atoms with Crippen molar-refractivity contribution in [3.63, 3.8) is 0 Å². The molecule has 0 fully saturated rings. The summed E-state index contributed by atoms with van der Waals surface area (Å²) in [5.41, 5.74) is 1.84. The van der Waals surface area contributed by atoms with Crippen LogP contribution in [0.25, 0.3) is 0 Å². The molecule has 0 aliphatic heterocycles. The predicted octanol–water partition coefficient (Wildman–Crippen LogP) is 2.77. The lowest BCUT2D eigenvalue weighted by Crippen LogP contribution is -2.38. The zero-order chi connectivity index (χ0) is 19.5. The van der Waals surface area contributed by atoms with Gasteiger partial charge in [0, 0.05) is 43.8 Å². The molecule has 0 atom stereocenters. The molecule has 1 heterocycles. The van der Waals surface area contributed by atoms with Crippen molar-refractivity contribution in [2.75, 3.05) is 18.4 Å². The SMILES string of the molecule is CCNC(=NCc1ccc(NC(=O)NC(C)C)cc1)NCCn1cccc1. The third kappa shape index (κ3) is 7.85. The maximum Gasteiger partial charge on any atom is 0.319 e. The largest absolute Gasteiger partial charge is 0.357 e. The van der Waals surface area contributed by atoms with Crippen LogP contribution < -0.4 is 21.3 Å². The highest BCUT2D eigenvalue weighted by atomic mass is 16.2. The van der Waals surface area contributed by atoms with E-state index in [1.54, 1.807) is 0 Å². The van der Waals surface area contributed by atoms with Crippen molar-refractivity contribution >= 4 is 17.7 Å². The highest BCUT2D eigenvalue weighted by Crippen LogP contribution is 2.10. The molecule has 4 N–H and O–H groups in total. The molecular weight excluding hydrogens is 340 g/mol. The summed E-state index contributed by atoms with van der Waals surface area (Å²) in [4.78, 5) is 16.3. The summed E-state index contributed by atoms with van der Waals surface area (Å²) in [6.07, 6.45) is 4.09. The number of amides is 2. The van der Waals surface area contributed by atoms with E-state index in [2.05, 4.69) is 30.8 Å². The maximum atomic E-state index is 11.7. The van der Waals surface area contributed by atoms with Gasteiger partial charge in [-0.15, -0.1) is 0 Å². The Balaban J connectivity index is 1.84. The molecule has 0 spiro atoms. The molecule has 2 aromatic rings. The average Bonchev–Trinajstić information content (AvgIpc) is 3.13. The molecule has 0 radical (unpaired) electrons. The van der Waals surface area contributed by atoms with Gasteiger partial charge < -0.3 is 25.8 Å². The zero-order valence-corrected chi connectivity index (χ0v) is 16.3. The fraction of sp³-hybridized carbons (Fsp3) is 0.400. The Morgan fingerprint density at radius 3 is 2.44 bits per heavy atom. The number of nitrogens with one attached hydrogen (secondary N) is 4. The third-order valence-corrected chi connectivity index (χ3v) is 3.72. The van der Waals surface area contributed by atoms with E-state index in [1.165, 1.54) is 0 Å². The van der Waals surface area contributed by atoms with Crippen LogP contribution in [-0.4, -0.2) is 35.7 Å². The molecule has 0 saturated carbocycles. The van der Waals surface area contributed by atoms with Crippen LogP contribution in [0.1, 0.15) is 26.3 Å². The van der Waals surface area contributed by atoms with E-state index >= 15 is 0 Å². The van der Waals surface area contributed by atoms with Crippen LogP contribution in [0, 0.1) is 0 Å². The predicted molar refractivity (Wildman–Crippen MR) is 111 cm³/mol. The van der Waals surface area contributed by atoms with Crippen LogP contribution in [0.5, 0.6) is 0 Å². The summed E-state index contributed by atoms with van der Waals surface area (Å²) in [6, 6.07) is 11.7. The summed E-state index contributed by atoms with van der Waals surface area (Å²) >= 11 is 0. The molecule has 7 heteroatoms. The molecule has 1 aromatic heterocycles. The molecule has 146 valence electrons. The number of rotatable bonds is 8. The number of nitrogens with zero attached hydrogens (tertiary/aromatic N) is 2. The van der Waals surface area contributed by atoms with E-state index in [-0.39, 0.29) is 12.1 Å². The van der Waals surface area contributed by atoms with E-state index in [1.807, 2.05) is 69.6 Å². The average molecular weight is 371 g/mol. The van der Waals surface area contributed by atoms with Gasteiger partial charge in [0.1, 0.15) is 0 Å². The lowest BCUT2D eigenvalue weighted by molar-refractivity contribution is 0.250. The molecule has 0 aliphatic carbocycles. The maximum absolute atomic E-state index is 11.7. The van der Waals surface area contributed by atoms with E-state index in [9.17, 15) is 4.79 Å². The number of hydrogen-bond donors (Lipinski definition) is 4. The number of benzene rings is 1. The van der Waals surface area contributed by atoms with Crippen molar-refractivity contribution in [3.8, 4) is 0 Å². The number of aliphatic imine (C=N–C) groups is 1. The monoisotopic (exact) mass is 370 g/mol. The number of carbonyl (C=O) groups is 1. The fourth-order valence-corrected chi connectivity index (χ4v) is 2.46. The second-order valence-electron chi connectivity index (χ2n) is 6.49. The number of carbonyl (C=O) groups excluding carboxylic acids is 1. The second-order valence-corrected chi connectivity index (χ2v) is 6.49.